The first-order valence-corrected chi connectivity index (χ1v) is 8.94. The molecule has 28 heavy (non-hydrogen) atoms. The quantitative estimate of drug-likeness (QED) is 0.452. The van der Waals surface area contributed by atoms with Gasteiger partial charge in [0.2, 0.25) is 5.91 Å². The lowest BCUT2D eigenvalue weighted by atomic mass is 10.1. The van der Waals surface area contributed by atoms with E-state index < -0.39 is 0 Å². The Morgan fingerprint density at radius 2 is 1.82 bits per heavy atom. The third-order valence-corrected chi connectivity index (χ3v) is 4.01. The Bertz CT molecular complexity index is 902. The molecular weight excluding hydrogens is 356 g/mol. The number of benzene rings is 2. The molecule has 1 amide bonds. The summed E-state index contributed by atoms with van der Waals surface area (Å²) in [5.74, 6) is 1.52. The van der Waals surface area contributed by atoms with E-state index in [2.05, 4.69) is 10.5 Å². The van der Waals surface area contributed by atoms with E-state index in [-0.39, 0.29) is 5.91 Å². The second-order valence-electron chi connectivity index (χ2n) is 6.07. The number of methoxy groups -OCH3 is 1. The zero-order chi connectivity index (χ0) is 19.6. The summed E-state index contributed by atoms with van der Waals surface area (Å²) in [7, 11) is 1.63. The largest absolute Gasteiger partial charge is 0.497 e. The van der Waals surface area contributed by atoms with E-state index in [1.165, 1.54) is 6.21 Å². The molecule has 6 nitrogen and oxygen atoms in total. The molecule has 3 aromatic rings. The van der Waals surface area contributed by atoms with Crippen molar-refractivity contribution in [1.29, 1.82) is 0 Å². The first kappa shape index (κ1) is 19.2. The van der Waals surface area contributed by atoms with Gasteiger partial charge in [0.1, 0.15) is 12.4 Å². The van der Waals surface area contributed by atoms with Crippen LogP contribution in [0.25, 0.3) is 0 Å². The zero-order valence-corrected chi connectivity index (χ0v) is 15.6. The van der Waals surface area contributed by atoms with Crippen LogP contribution in [-0.2, 0) is 17.8 Å². The van der Waals surface area contributed by atoms with Gasteiger partial charge in [-0.25, -0.2) is 5.43 Å². The molecule has 0 radical (unpaired) electrons. The first-order valence-electron chi connectivity index (χ1n) is 8.94. The second-order valence-corrected chi connectivity index (χ2v) is 6.07. The summed E-state index contributed by atoms with van der Waals surface area (Å²) >= 11 is 0. The number of carbonyl (C=O) groups excluding carboxylic acids is 1. The van der Waals surface area contributed by atoms with E-state index in [0.717, 1.165) is 16.9 Å². The standard InChI is InChI=1S/C22H22N2O4/c1-26-19-10-7-18(8-11-19)16-27-22-14-12-20(28-22)15-23-24-21(25)13-9-17-5-3-2-4-6-17/h2-8,10-12,14-15H,9,13,16H2,1H3,(H,24,25)/b23-15+. The van der Waals surface area contributed by atoms with Crippen LogP contribution < -0.4 is 14.9 Å². The Morgan fingerprint density at radius 3 is 2.57 bits per heavy atom. The highest BCUT2D eigenvalue weighted by atomic mass is 16.6. The van der Waals surface area contributed by atoms with Crippen molar-refractivity contribution in [1.82, 2.24) is 5.43 Å². The fourth-order valence-electron chi connectivity index (χ4n) is 2.48. The molecule has 0 atom stereocenters. The van der Waals surface area contributed by atoms with E-state index in [9.17, 15) is 4.79 Å². The van der Waals surface area contributed by atoms with Gasteiger partial charge in [0.05, 0.1) is 13.3 Å². The molecule has 0 aliphatic rings. The first-order chi connectivity index (χ1) is 13.7. The van der Waals surface area contributed by atoms with Gasteiger partial charge in [-0.15, -0.1) is 0 Å². The van der Waals surface area contributed by atoms with Crippen LogP contribution in [0.4, 0.5) is 0 Å². The van der Waals surface area contributed by atoms with Crippen LogP contribution >= 0.6 is 0 Å². The zero-order valence-electron chi connectivity index (χ0n) is 15.6. The van der Waals surface area contributed by atoms with E-state index in [1.807, 2.05) is 54.6 Å². The Kier molecular flexibility index (Phi) is 6.84. The number of rotatable bonds is 9. The van der Waals surface area contributed by atoms with Crippen molar-refractivity contribution < 1.29 is 18.7 Å². The molecule has 1 N–H and O–H groups in total. The van der Waals surface area contributed by atoms with Gasteiger partial charge < -0.3 is 13.9 Å². The maximum absolute atomic E-state index is 11.8. The van der Waals surface area contributed by atoms with Crippen LogP contribution in [0.15, 0.2) is 76.2 Å². The molecule has 0 saturated carbocycles. The topological polar surface area (TPSA) is 73.1 Å². The molecule has 0 fully saturated rings. The second kappa shape index (κ2) is 9.97. The Morgan fingerprint density at radius 1 is 1.04 bits per heavy atom. The highest BCUT2D eigenvalue weighted by Crippen LogP contribution is 2.17. The summed E-state index contributed by atoms with van der Waals surface area (Å²) in [5, 5.41) is 3.92. The Hall–Kier alpha value is -3.54. The number of hydrogen-bond acceptors (Lipinski definition) is 5. The molecule has 0 saturated heterocycles. The predicted molar refractivity (Wildman–Crippen MR) is 107 cm³/mol. The Balaban J connectivity index is 1.41. The van der Waals surface area contributed by atoms with E-state index in [1.54, 1.807) is 19.2 Å². The summed E-state index contributed by atoms with van der Waals surface area (Å²) in [5.41, 5.74) is 4.61. The minimum absolute atomic E-state index is 0.150. The summed E-state index contributed by atoms with van der Waals surface area (Å²) < 4.78 is 16.2. The fraction of sp³-hybridized carbons (Fsp3) is 0.182. The third kappa shape index (κ3) is 6.02. The highest BCUT2D eigenvalue weighted by Gasteiger charge is 2.03. The van der Waals surface area contributed by atoms with Gasteiger partial charge >= 0.3 is 0 Å². The number of hydrazone groups is 1. The average molecular weight is 378 g/mol. The lowest BCUT2D eigenvalue weighted by Gasteiger charge is -2.04. The van der Waals surface area contributed by atoms with Gasteiger partial charge in [-0.05, 0) is 35.7 Å². The van der Waals surface area contributed by atoms with Gasteiger partial charge in [0.15, 0.2) is 5.76 Å². The smallest absolute Gasteiger partial charge is 0.285 e. The number of furan rings is 1. The number of amides is 1. The van der Waals surface area contributed by atoms with Gasteiger partial charge in [-0.3, -0.25) is 4.79 Å². The summed E-state index contributed by atoms with van der Waals surface area (Å²) in [6.07, 6.45) is 2.49. The highest BCUT2D eigenvalue weighted by molar-refractivity contribution is 5.80. The molecule has 0 aliphatic carbocycles. The number of aryl methyl sites for hydroxylation is 1. The van der Waals surface area contributed by atoms with Crippen molar-refractivity contribution in [3.63, 3.8) is 0 Å². The monoisotopic (exact) mass is 378 g/mol. The average Bonchev–Trinajstić information content (AvgIpc) is 3.19. The van der Waals surface area contributed by atoms with Crippen molar-refractivity contribution in [2.45, 2.75) is 19.4 Å². The molecule has 1 heterocycles. The van der Waals surface area contributed by atoms with Crippen molar-refractivity contribution in [3.8, 4) is 11.7 Å². The minimum atomic E-state index is -0.150. The van der Waals surface area contributed by atoms with E-state index in [0.29, 0.717) is 31.2 Å². The van der Waals surface area contributed by atoms with Gasteiger partial charge in [0.25, 0.3) is 5.95 Å². The summed E-state index contributed by atoms with van der Waals surface area (Å²) in [6.45, 7) is 0.379. The third-order valence-electron chi connectivity index (χ3n) is 4.01. The van der Waals surface area contributed by atoms with Crippen molar-refractivity contribution in [3.05, 3.63) is 83.6 Å². The maximum Gasteiger partial charge on any atom is 0.285 e. The van der Waals surface area contributed by atoms with Crippen LogP contribution in [-0.4, -0.2) is 19.2 Å². The van der Waals surface area contributed by atoms with Crippen molar-refractivity contribution in [2.75, 3.05) is 7.11 Å². The molecule has 0 bridgehead atoms. The number of nitrogens with one attached hydrogen (secondary N) is 1. The number of ether oxygens (including phenoxy) is 2. The van der Waals surface area contributed by atoms with E-state index >= 15 is 0 Å². The Labute approximate surface area is 163 Å². The lowest BCUT2D eigenvalue weighted by Crippen LogP contribution is -2.17. The summed E-state index contributed by atoms with van der Waals surface area (Å²) in [4.78, 5) is 11.8. The maximum atomic E-state index is 11.8. The minimum Gasteiger partial charge on any atom is -0.497 e. The molecule has 144 valence electrons. The summed E-state index contributed by atoms with van der Waals surface area (Å²) in [6, 6.07) is 20.9. The lowest BCUT2D eigenvalue weighted by molar-refractivity contribution is -0.121. The van der Waals surface area contributed by atoms with E-state index in [4.69, 9.17) is 13.9 Å². The van der Waals surface area contributed by atoms with Crippen LogP contribution in [0.3, 0.4) is 0 Å². The molecule has 6 heteroatoms. The SMILES string of the molecule is COc1ccc(COc2ccc(/C=N/NC(=O)CCc3ccccc3)o2)cc1. The van der Waals surface area contributed by atoms with Crippen LogP contribution in [0.5, 0.6) is 11.7 Å². The molecule has 2 aromatic carbocycles. The molecular formula is C22H22N2O4. The van der Waals surface area contributed by atoms with Gasteiger partial charge in [-0.2, -0.15) is 5.10 Å². The molecule has 0 unspecified atom stereocenters. The number of nitrogens with zero attached hydrogens (tertiary/aromatic N) is 1. The molecule has 0 aliphatic heterocycles. The fourth-order valence-corrected chi connectivity index (χ4v) is 2.48. The molecule has 3 rings (SSSR count). The molecule has 0 spiro atoms. The van der Waals surface area contributed by atoms with Crippen LogP contribution in [0.2, 0.25) is 0 Å². The predicted octanol–water partition coefficient (Wildman–Crippen LogP) is 3.95. The normalized spacial score (nSPS) is 10.8. The molecule has 1 aromatic heterocycles. The van der Waals surface area contributed by atoms with Crippen molar-refractivity contribution in [2.24, 2.45) is 5.10 Å². The number of hydrogen-bond donors (Lipinski definition) is 1. The van der Waals surface area contributed by atoms with Crippen LogP contribution in [0, 0.1) is 0 Å². The number of carbonyl (C=O) groups is 1. The van der Waals surface area contributed by atoms with Crippen LogP contribution in [0.1, 0.15) is 23.3 Å². The van der Waals surface area contributed by atoms with Gasteiger partial charge in [0, 0.05) is 12.5 Å². The van der Waals surface area contributed by atoms with Crippen molar-refractivity contribution >= 4 is 12.1 Å². The van der Waals surface area contributed by atoms with Gasteiger partial charge in [-0.1, -0.05) is 42.5 Å².